The van der Waals surface area contributed by atoms with Crippen LogP contribution >= 0.6 is 0 Å². The zero-order chi connectivity index (χ0) is 45.8. The maximum absolute atomic E-state index is 2.45. The molecule has 68 heavy (non-hydrogen) atoms. The SMILES string of the molecule is CC(C)(C)c1ccc(C2(c3ccccc3)c3ccccc3-c3c(-c4ccccc4N(c4ccc(-c5cccc6ccccc56)cc4)c4ccc(-c5cccc6ccccc56)cc4)cccc32)cc1. The van der Waals surface area contributed by atoms with E-state index in [9.17, 15) is 0 Å². The maximum Gasteiger partial charge on any atom is 0.0713 e. The Balaban J connectivity index is 1.06. The molecule has 0 saturated carbocycles. The Morgan fingerprint density at radius 2 is 0.765 bits per heavy atom. The molecule has 0 bridgehead atoms. The molecule has 0 fully saturated rings. The molecule has 0 radical (unpaired) electrons. The van der Waals surface area contributed by atoms with E-state index < -0.39 is 5.41 Å². The standard InChI is InChI=1S/C67H51N/c1-66(2,3)50-38-40-52(41-39-50)67(51-22-5-4-6-23-51)62-31-13-11-27-61(62)65-60(30-17-32-63(65)67)59-26-12-14-33-64(59)68(53-42-34-48(35-43-53)57-28-15-20-46-18-7-9-24-55(46)57)54-44-36-49(37-45-54)58-29-16-21-47-19-8-10-25-56(47)58/h4-45H,1-3H3. The third kappa shape index (κ3) is 6.77. The first-order chi connectivity index (χ1) is 33.4. The molecule has 0 heterocycles. The average molecular weight is 870 g/mol. The summed E-state index contributed by atoms with van der Waals surface area (Å²) in [7, 11) is 0. The summed E-state index contributed by atoms with van der Waals surface area (Å²) < 4.78 is 0. The molecule has 1 unspecified atom stereocenters. The number of anilines is 3. The van der Waals surface area contributed by atoms with Crippen molar-refractivity contribution in [3.63, 3.8) is 0 Å². The highest BCUT2D eigenvalue weighted by molar-refractivity contribution is 6.01. The highest BCUT2D eigenvalue weighted by atomic mass is 15.1. The highest BCUT2D eigenvalue weighted by Gasteiger charge is 2.47. The predicted molar refractivity (Wildman–Crippen MR) is 288 cm³/mol. The normalized spacial score (nSPS) is 14.2. The smallest absolute Gasteiger partial charge is 0.0713 e. The van der Waals surface area contributed by atoms with E-state index in [-0.39, 0.29) is 5.41 Å². The van der Waals surface area contributed by atoms with Gasteiger partial charge in [0.2, 0.25) is 0 Å². The van der Waals surface area contributed by atoms with Crippen LogP contribution in [0, 0.1) is 0 Å². The van der Waals surface area contributed by atoms with Gasteiger partial charge in [-0.15, -0.1) is 0 Å². The molecule has 0 N–H and O–H groups in total. The van der Waals surface area contributed by atoms with Crippen LogP contribution in [-0.4, -0.2) is 0 Å². The van der Waals surface area contributed by atoms with Crippen molar-refractivity contribution in [2.24, 2.45) is 0 Å². The molecule has 324 valence electrons. The van der Waals surface area contributed by atoms with Crippen LogP contribution in [0.4, 0.5) is 17.1 Å². The Hall–Kier alpha value is -8.26. The van der Waals surface area contributed by atoms with E-state index in [1.807, 2.05) is 0 Å². The first kappa shape index (κ1) is 41.2. The second kappa shape index (κ2) is 16.6. The number of fused-ring (bicyclic) bond motifs is 5. The van der Waals surface area contributed by atoms with Gasteiger partial charge in [0.1, 0.15) is 0 Å². The molecular formula is C67H51N. The summed E-state index contributed by atoms with van der Waals surface area (Å²) in [4.78, 5) is 2.45. The van der Waals surface area contributed by atoms with Crippen LogP contribution in [0.5, 0.6) is 0 Å². The fraction of sp³-hybridized carbons (Fsp3) is 0.0746. The molecule has 0 aliphatic heterocycles. The molecule has 1 nitrogen and oxygen atoms in total. The van der Waals surface area contributed by atoms with Gasteiger partial charge in [-0.2, -0.15) is 0 Å². The van der Waals surface area contributed by atoms with Crippen molar-refractivity contribution >= 4 is 38.6 Å². The molecule has 0 amide bonds. The number of rotatable bonds is 8. The fourth-order valence-corrected chi connectivity index (χ4v) is 11.1. The summed E-state index contributed by atoms with van der Waals surface area (Å²) in [5.41, 5.74) is 19.0. The van der Waals surface area contributed by atoms with Gasteiger partial charge in [-0.3, -0.25) is 0 Å². The van der Waals surface area contributed by atoms with Crippen LogP contribution in [0.1, 0.15) is 48.6 Å². The topological polar surface area (TPSA) is 3.24 Å². The molecule has 0 spiro atoms. The Morgan fingerprint density at radius 1 is 0.324 bits per heavy atom. The minimum atomic E-state index is -0.525. The van der Waals surface area contributed by atoms with E-state index in [0.29, 0.717) is 0 Å². The molecular weight excluding hydrogens is 819 g/mol. The summed E-state index contributed by atoms with van der Waals surface area (Å²) in [5.74, 6) is 0. The summed E-state index contributed by atoms with van der Waals surface area (Å²) >= 11 is 0. The van der Waals surface area contributed by atoms with E-state index in [4.69, 9.17) is 0 Å². The van der Waals surface area contributed by atoms with Gasteiger partial charge in [0.05, 0.1) is 11.1 Å². The van der Waals surface area contributed by atoms with Gasteiger partial charge in [0, 0.05) is 16.9 Å². The van der Waals surface area contributed by atoms with Gasteiger partial charge < -0.3 is 4.90 Å². The van der Waals surface area contributed by atoms with Crippen molar-refractivity contribution < 1.29 is 0 Å². The largest absolute Gasteiger partial charge is 0.310 e. The lowest BCUT2D eigenvalue weighted by Gasteiger charge is -2.34. The van der Waals surface area contributed by atoms with Crippen LogP contribution in [-0.2, 0) is 10.8 Å². The summed E-state index contributed by atoms with van der Waals surface area (Å²) in [6, 6.07) is 94.5. The Labute approximate surface area is 400 Å². The van der Waals surface area contributed by atoms with Crippen molar-refractivity contribution in [3.05, 3.63) is 283 Å². The van der Waals surface area contributed by atoms with E-state index in [2.05, 4.69) is 280 Å². The van der Waals surface area contributed by atoms with Crippen molar-refractivity contribution in [2.75, 3.05) is 4.90 Å². The van der Waals surface area contributed by atoms with Crippen LogP contribution in [0.25, 0.3) is 66.1 Å². The monoisotopic (exact) mass is 869 g/mol. The third-order valence-corrected chi connectivity index (χ3v) is 14.3. The van der Waals surface area contributed by atoms with Crippen LogP contribution in [0.15, 0.2) is 255 Å². The maximum atomic E-state index is 2.45. The van der Waals surface area contributed by atoms with E-state index in [1.54, 1.807) is 0 Å². The lowest BCUT2D eigenvalue weighted by atomic mass is 9.67. The minimum absolute atomic E-state index is 0.0409. The third-order valence-electron chi connectivity index (χ3n) is 14.3. The molecule has 0 aromatic heterocycles. The summed E-state index contributed by atoms with van der Waals surface area (Å²) in [6.07, 6.45) is 0. The number of nitrogens with zero attached hydrogens (tertiary/aromatic N) is 1. The van der Waals surface area contributed by atoms with E-state index >= 15 is 0 Å². The van der Waals surface area contributed by atoms with Crippen molar-refractivity contribution in [3.8, 4) is 44.5 Å². The first-order valence-corrected chi connectivity index (χ1v) is 23.8. The van der Waals surface area contributed by atoms with Crippen LogP contribution in [0.2, 0.25) is 0 Å². The zero-order valence-electron chi connectivity index (χ0n) is 38.7. The highest BCUT2D eigenvalue weighted by Crippen LogP contribution is 2.59. The van der Waals surface area contributed by atoms with Gasteiger partial charge in [0.15, 0.2) is 0 Å². The summed E-state index contributed by atoms with van der Waals surface area (Å²) in [5, 5.41) is 4.99. The molecule has 0 saturated heterocycles. The Morgan fingerprint density at radius 3 is 1.37 bits per heavy atom. The fourth-order valence-electron chi connectivity index (χ4n) is 11.1. The molecule has 11 aromatic rings. The Kier molecular flexibility index (Phi) is 10.0. The summed E-state index contributed by atoms with van der Waals surface area (Å²) in [6.45, 7) is 6.88. The van der Waals surface area contributed by atoms with Crippen molar-refractivity contribution in [1.82, 2.24) is 0 Å². The molecule has 12 rings (SSSR count). The number of benzene rings is 11. The number of para-hydroxylation sites is 1. The lowest BCUT2D eigenvalue weighted by molar-refractivity contribution is 0.589. The zero-order valence-corrected chi connectivity index (χ0v) is 38.7. The van der Waals surface area contributed by atoms with Gasteiger partial charge >= 0.3 is 0 Å². The predicted octanol–water partition coefficient (Wildman–Crippen LogP) is 18.1. The molecule has 11 aromatic carbocycles. The second-order valence-corrected chi connectivity index (χ2v) is 19.2. The number of hydrogen-bond donors (Lipinski definition) is 0. The number of hydrogen-bond acceptors (Lipinski definition) is 1. The van der Waals surface area contributed by atoms with E-state index in [1.165, 1.54) is 93.9 Å². The Bertz CT molecular complexity index is 3500. The van der Waals surface area contributed by atoms with Crippen molar-refractivity contribution in [2.45, 2.75) is 31.6 Å². The molecule has 1 atom stereocenters. The van der Waals surface area contributed by atoms with Gasteiger partial charge in [-0.05, 0) is 124 Å². The van der Waals surface area contributed by atoms with E-state index in [0.717, 1.165) is 17.1 Å². The molecule has 1 aliphatic carbocycles. The molecule has 1 aliphatic rings. The van der Waals surface area contributed by atoms with Gasteiger partial charge in [0.25, 0.3) is 0 Å². The lowest BCUT2D eigenvalue weighted by Crippen LogP contribution is -2.28. The second-order valence-electron chi connectivity index (χ2n) is 19.2. The first-order valence-electron chi connectivity index (χ1n) is 23.8. The van der Waals surface area contributed by atoms with Crippen molar-refractivity contribution in [1.29, 1.82) is 0 Å². The van der Waals surface area contributed by atoms with Crippen LogP contribution in [0.3, 0.4) is 0 Å². The molecule has 1 heteroatoms. The quantitative estimate of drug-likeness (QED) is 0.147. The van der Waals surface area contributed by atoms with Gasteiger partial charge in [-0.25, -0.2) is 0 Å². The van der Waals surface area contributed by atoms with Crippen LogP contribution < -0.4 is 4.90 Å². The minimum Gasteiger partial charge on any atom is -0.310 e. The van der Waals surface area contributed by atoms with Gasteiger partial charge in [-0.1, -0.05) is 245 Å². The average Bonchev–Trinajstić information content (AvgIpc) is 3.70.